The Morgan fingerprint density at radius 2 is 1.70 bits per heavy atom. The summed E-state index contributed by atoms with van der Waals surface area (Å²) in [5.41, 5.74) is 4.77. The van der Waals surface area contributed by atoms with Crippen molar-refractivity contribution < 1.29 is 14.6 Å². The summed E-state index contributed by atoms with van der Waals surface area (Å²) in [5, 5.41) is 13.9. The van der Waals surface area contributed by atoms with Crippen LogP contribution in [0.1, 0.15) is 37.0 Å². The number of anilines is 2. The highest BCUT2D eigenvalue weighted by Gasteiger charge is 2.11. The number of benzene rings is 3. The largest absolute Gasteiger partial charge is 0.507 e. The van der Waals surface area contributed by atoms with Gasteiger partial charge in [0.05, 0.1) is 7.11 Å². The van der Waals surface area contributed by atoms with Crippen molar-refractivity contribution in [2.24, 2.45) is 5.92 Å². The molecule has 0 saturated carbocycles. The van der Waals surface area contributed by atoms with Crippen LogP contribution >= 0.6 is 0 Å². The first-order chi connectivity index (χ1) is 14.5. The maximum absolute atomic E-state index is 10.5. The topological polar surface area (TPSA) is 50.7 Å². The molecule has 0 spiro atoms. The van der Waals surface area contributed by atoms with E-state index >= 15 is 0 Å². The molecule has 0 radical (unpaired) electrons. The van der Waals surface area contributed by atoms with Gasteiger partial charge in [0.15, 0.2) is 0 Å². The molecule has 0 unspecified atom stereocenters. The Hall–Kier alpha value is -3.14. The fraction of sp³-hybridized carbons (Fsp3) is 0.308. The number of rotatable bonds is 9. The molecule has 3 aromatic rings. The van der Waals surface area contributed by atoms with Gasteiger partial charge in [-0.3, -0.25) is 0 Å². The van der Waals surface area contributed by atoms with Gasteiger partial charge in [-0.25, -0.2) is 0 Å². The lowest BCUT2D eigenvalue weighted by atomic mass is 10.00. The zero-order valence-electron chi connectivity index (χ0n) is 18.2. The van der Waals surface area contributed by atoms with Crippen LogP contribution in [-0.4, -0.2) is 12.2 Å². The number of nitrogens with one attached hydrogen (secondary N) is 1. The standard InChI is InChI=1S/C26H31NO3/c1-18(2)11-12-21-13-14-25(19(3)26(21)28)30-17-20-7-5-8-22(15-20)27-23-9-6-10-24(16-23)29-4/h5-10,13-16,18,27-28H,11-12,17H2,1-4H3. The van der Waals surface area contributed by atoms with Gasteiger partial charge < -0.3 is 19.9 Å². The van der Waals surface area contributed by atoms with Crippen molar-refractivity contribution in [1.82, 2.24) is 0 Å². The van der Waals surface area contributed by atoms with Gasteiger partial charge in [-0.05, 0) is 67.1 Å². The molecule has 0 fully saturated rings. The molecule has 2 N–H and O–H groups in total. The number of methoxy groups -OCH3 is 1. The Labute approximate surface area is 179 Å². The Morgan fingerprint density at radius 1 is 0.967 bits per heavy atom. The van der Waals surface area contributed by atoms with E-state index in [2.05, 4.69) is 25.2 Å². The lowest BCUT2D eigenvalue weighted by molar-refractivity contribution is 0.301. The van der Waals surface area contributed by atoms with Gasteiger partial charge >= 0.3 is 0 Å². The molecule has 0 aromatic heterocycles. The summed E-state index contributed by atoms with van der Waals surface area (Å²) in [6, 6.07) is 19.9. The molecule has 0 aliphatic heterocycles. The Morgan fingerprint density at radius 3 is 2.43 bits per heavy atom. The first kappa shape index (κ1) is 21.6. The van der Waals surface area contributed by atoms with Gasteiger partial charge in [0.1, 0.15) is 23.9 Å². The van der Waals surface area contributed by atoms with Crippen LogP contribution < -0.4 is 14.8 Å². The molecule has 0 atom stereocenters. The van der Waals surface area contributed by atoms with E-state index in [0.717, 1.165) is 46.7 Å². The fourth-order valence-corrected chi connectivity index (χ4v) is 3.31. The summed E-state index contributed by atoms with van der Waals surface area (Å²) in [4.78, 5) is 0. The first-order valence-corrected chi connectivity index (χ1v) is 10.4. The highest BCUT2D eigenvalue weighted by atomic mass is 16.5. The summed E-state index contributed by atoms with van der Waals surface area (Å²) in [6.45, 7) is 6.72. The van der Waals surface area contributed by atoms with E-state index in [1.54, 1.807) is 7.11 Å². The average molecular weight is 406 g/mol. The molecule has 0 aliphatic rings. The summed E-state index contributed by atoms with van der Waals surface area (Å²) in [6.07, 6.45) is 1.93. The van der Waals surface area contributed by atoms with Crippen LogP contribution in [0.5, 0.6) is 17.2 Å². The van der Waals surface area contributed by atoms with Crippen molar-refractivity contribution in [3.05, 3.63) is 77.4 Å². The van der Waals surface area contributed by atoms with Gasteiger partial charge in [0.2, 0.25) is 0 Å². The third-order valence-electron chi connectivity index (χ3n) is 5.14. The number of phenols is 1. The molecule has 4 nitrogen and oxygen atoms in total. The van der Waals surface area contributed by atoms with Crippen LogP contribution in [0.25, 0.3) is 0 Å². The average Bonchev–Trinajstić information content (AvgIpc) is 2.74. The van der Waals surface area contributed by atoms with Crippen LogP contribution in [0.4, 0.5) is 11.4 Å². The van der Waals surface area contributed by atoms with Gasteiger partial charge in [0, 0.05) is 23.0 Å². The number of hydrogen-bond acceptors (Lipinski definition) is 4. The van der Waals surface area contributed by atoms with E-state index in [4.69, 9.17) is 9.47 Å². The predicted octanol–water partition coefficient (Wildman–Crippen LogP) is 6.62. The smallest absolute Gasteiger partial charge is 0.126 e. The van der Waals surface area contributed by atoms with Crippen LogP contribution in [0.3, 0.4) is 0 Å². The van der Waals surface area contributed by atoms with Crippen molar-refractivity contribution in [3.63, 3.8) is 0 Å². The zero-order valence-corrected chi connectivity index (χ0v) is 18.2. The maximum Gasteiger partial charge on any atom is 0.126 e. The maximum atomic E-state index is 10.5. The molecule has 30 heavy (non-hydrogen) atoms. The van der Waals surface area contributed by atoms with E-state index < -0.39 is 0 Å². The lowest BCUT2D eigenvalue weighted by Gasteiger charge is -2.15. The minimum Gasteiger partial charge on any atom is -0.507 e. The monoisotopic (exact) mass is 405 g/mol. The summed E-state index contributed by atoms with van der Waals surface area (Å²) < 4.78 is 11.3. The Bertz CT molecular complexity index is 982. The third kappa shape index (κ3) is 5.69. The van der Waals surface area contributed by atoms with Crippen LogP contribution in [0.15, 0.2) is 60.7 Å². The van der Waals surface area contributed by atoms with E-state index in [1.807, 2.05) is 61.5 Å². The fourth-order valence-electron chi connectivity index (χ4n) is 3.31. The Kier molecular flexibility index (Phi) is 7.23. The second-order valence-corrected chi connectivity index (χ2v) is 7.97. The predicted molar refractivity (Wildman–Crippen MR) is 123 cm³/mol. The normalized spacial score (nSPS) is 10.8. The van der Waals surface area contributed by atoms with E-state index in [1.165, 1.54) is 0 Å². The first-order valence-electron chi connectivity index (χ1n) is 10.4. The van der Waals surface area contributed by atoms with Gasteiger partial charge in [0.25, 0.3) is 0 Å². The molecular formula is C26H31NO3. The van der Waals surface area contributed by atoms with E-state index in [0.29, 0.717) is 24.0 Å². The van der Waals surface area contributed by atoms with E-state index in [-0.39, 0.29) is 0 Å². The van der Waals surface area contributed by atoms with Gasteiger partial charge in [-0.2, -0.15) is 0 Å². The summed E-state index contributed by atoms with van der Waals surface area (Å²) >= 11 is 0. The number of ether oxygens (including phenoxy) is 2. The molecule has 158 valence electrons. The zero-order chi connectivity index (χ0) is 21.5. The Balaban J connectivity index is 1.66. The van der Waals surface area contributed by atoms with E-state index in [9.17, 15) is 5.11 Å². The molecule has 0 saturated heterocycles. The quantitative estimate of drug-likeness (QED) is 0.420. The van der Waals surface area contributed by atoms with Crippen molar-refractivity contribution >= 4 is 11.4 Å². The summed E-state index contributed by atoms with van der Waals surface area (Å²) in [7, 11) is 1.66. The number of hydrogen-bond donors (Lipinski definition) is 2. The number of aryl methyl sites for hydroxylation is 1. The van der Waals surface area contributed by atoms with Crippen molar-refractivity contribution in [2.45, 2.75) is 40.2 Å². The van der Waals surface area contributed by atoms with Gasteiger partial charge in [-0.1, -0.05) is 38.1 Å². The van der Waals surface area contributed by atoms with Crippen molar-refractivity contribution in [3.8, 4) is 17.2 Å². The number of aromatic hydroxyl groups is 1. The van der Waals surface area contributed by atoms with Gasteiger partial charge in [-0.15, -0.1) is 0 Å². The molecule has 3 rings (SSSR count). The minimum absolute atomic E-state index is 0.349. The molecule has 0 aliphatic carbocycles. The van der Waals surface area contributed by atoms with Crippen LogP contribution in [-0.2, 0) is 13.0 Å². The molecule has 0 bridgehead atoms. The molecular weight excluding hydrogens is 374 g/mol. The summed E-state index contributed by atoms with van der Waals surface area (Å²) in [5.74, 6) is 2.48. The minimum atomic E-state index is 0.349. The van der Waals surface area contributed by atoms with Crippen LogP contribution in [0, 0.1) is 12.8 Å². The SMILES string of the molecule is COc1cccc(Nc2cccc(COc3ccc(CCC(C)C)c(O)c3C)c2)c1. The molecule has 3 aromatic carbocycles. The van der Waals surface area contributed by atoms with Crippen molar-refractivity contribution in [2.75, 3.05) is 12.4 Å². The molecule has 4 heteroatoms. The molecule has 0 amide bonds. The van der Waals surface area contributed by atoms with Crippen LogP contribution in [0.2, 0.25) is 0 Å². The second kappa shape index (κ2) is 10.1. The lowest BCUT2D eigenvalue weighted by Crippen LogP contribution is -2.00. The highest BCUT2D eigenvalue weighted by molar-refractivity contribution is 5.61. The van der Waals surface area contributed by atoms with Crippen molar-refractivity contribution in [1.29, 1.82) is 0 Å². The highest BCUT2D eigenvalue weighted by Crippen LogP contribution is 2.32. The molecule has 0 heterocycles. The second-order valence-electron chi connectivity index (χ2n) is 7.97. The third-order valence-corrected chi connectivity index (χ3v) is 5.14. The number of phenolic OH excluding ortho intramolecular Hbond substituents is 1.